The van der Waals surface area contributed by atoms with Crippen LogP contribution < -0.4 is 5.73 Å². The van der Waals surface area contributed by atoms with Gasteiger partial charge in [-0.05, 0) is 31.7 Å². The predicted octanol–water partition coefficient (Wildman–Crippen LogP) is 1.63. The highest BCUT2D eigenvalue weighted by molar-refractivity contribution is 5.79. The Morgan fingerprint density at radius 3 is 2.90 bits per heavy atom. The number of likely N-dealkylation sites (tertiary alicyclic amines) is 1. The number of H-pyrrole nitrogens is 1. The van der Waals surface area contributed by atoms with E-state index in [1.165, 1.54) is 6.42 Å². The van der Waals surface area contributed by atoms with Crippen LogP contribution in [0.5, 0.6) is 0 Å². The summed E-state index contributed by atoms with van der Waals surface area (Å²) in [5.74, 6) is 0.723. The Labute approximate surface area is 119 Å². The average Bonchev–Trinajstić information content (AvgIpc) is 3.01. The van der Waals surface area contributed by atoms with E-state index in [-0.39, 0.29) is 17.9 Å². The third kappa shape index (κ3) is 2.73. The van der Waals surface area contributed by atoms with Gasteiger partial charge < -0.3 is 10.6 Å². The molecule has 0 spiro atoms. The molecule has 1 amide bonds. The van der Waals surface area contributed by atoms with Crippen molar-refractivity contribution in [1.29, 1.82) is 0 Å². The zero-order valence-electron chi connectivity index (χ0n) is 11.9. The highest BCUT2D eigenvalue weighted by Crippen LogP contribution is 2.29. The van der Waals surface area contributed by atoms with Crippen molar-refractivity contribution in [2.24, 2.45) is 11.7 Å². The van der Waals surface area contributed by atoms with Crippen LogP contribution >= 0.6 is 0 Å². The summed E-state index contributed by atoms with van der Waals surface area (Å²) in [5, 5.41) is 7.06. The first-order valence-corrected chi connectivity index (χ1v) is 7.79. The number of nitrogens with one attached hydrogen (secondary N) is 1. The zero-order valence-corrected chi connectivity index (χ0v) is 11.9. The van der Waals surface area contributed by atoms with E-state index in [0.717, 1.165) is 50.9 Å². The number of aromatic amines is 1. The summed E-state index contributed by atoms with van der Waals surface area (Å²) in [6.07, 6.45) is 8.25. The molecule has 0 radical (unpaired) electrons. The highest BCUT2D eigenvalue weighted by Gasteiger charge is 2.34. The van der Waals surface area contributed by atoms with Crippen molar-refractivity contribution in [1.82, 2.24) is 15.1 Å². The summed E-state index contributed by atoms with van der Waals surface area (Å²) in [7, 11) is 0. The van der Waals surface area contributed by atoms with E-state index in [0.29, 0.717) is 5.92 Å². The Morgan fingerprint density at radius 2 is 2.15 bits per heavy atom. The molecule has 3 unspecified atom stereocenters. The molecule has 1 aromatic rings. The lowest BCUT2D eigenvalue weighted by molar-refractivity contribution is -0.138. The largest absolute Gasteiger partial charge is 0.342 e. The number of hydrogen-bond donors (Lipinski definition) is 2. The van der Waals surface area contributed by atoms with Gasteiger partial charge in [0.05, 0.1) is 5.92 Å². The molecular weight excluding hydrogens is 252 g/mol. The van der Waals surface area contributed by atoms with E-state index in [4.69, 9.17) is 5.73 Å². The van der Waals surface area contributed by atoms with Crippen LogP contribution in [0.2, 0.25) is 0 Å². The molecule has 5 heteroatoms. The molecule has 1 aromatic heterocycles. The first-order chi connectivity index (χ1) is 9.75. The van der Waals surface area contributed by atoms with Gasteiger partial charge in [0.15, 0.2) is 0 Å². The van der Waals surface area contributed by atoms with Crippen LogP contribution in [0, 0.1) is 5.92 Å². The van der Waals surface area contributed by atoms with Crippen LogP contribution in [0.3, 0.4) is 0 Å². The number of nitrogens with zero attached hydrogens (tertiary/aromatic N) is 2. The molecular formula is C15H24N4O. The molecule has 1 saturated heterocycles. The van der Waals surface area contributed by atoms with Crippen LogP contribution in [0.1, 0.15) is 50.1 Å². The smallest absolute Gasteiger partial charge is 0.227 e. The molecule has 1 saturated carbocycles. The number of amides is 1. The molecule has 2 aliphatic rings. The second-order valence-electron chi connectivity index (χ2n) is 6.19. The van der Waals surface area contributed by atoms with Gasteiger partial charge in [0.2, 0.25) is 5.91 Å². The summed E-state index contributed by atoms with van der Waals surface area (Å²) < 4.78 is 0. The van der Waals surface area contributed by atoms with Gasteiger partial charge in [0, 0.05) is 36.9 Å². The third-order valence-electron chi connectivity index (χ3n) is 4.83. The molecule has 3 N–H and O–H groups in total. The Balaban J connectivity index is 1.65. The Hall–Kier alpha value is -1.36. The van der Waals surface area contributed by atoms with Crippen molar-refractivity contribution >= 4 is 5.91 Å². The van der Waals surface area contributed by atoms with Crippen molar-refractivity contribution in [3.05, 3.63) is 18.0 Å². The van der Waals surface area contributed by atoms with Crippen molar-refractivity contribution < 1.29 is 4.79 Å². The molecule has 5 nitrogen and oxygen atoms in total. The number of aromatic nitrogens is 2. The van der Waals surface area contributed by atoms with Crippen LogP contribution in [-0.4, -0.2) is 40.1 Å². The maximum Gasteiger partial charge on any atom is 0.227 e. The van der Waals surface area contributed by atoms with Gasteiger partial charge in [0.25, 0.3) is 0 Å². The summed E-state index contributed by atoms with van der Waals surface area (Å²) in [5.41, 5.74) is 7.30. The fourth-order valence-corrected chi connectivity index (χ4v) is 3.63. The number of nitrogens with two attached hydrogens (primary N) is 1. The minimum absolute atomic E-state index is 0.0456. The topological polar surface area (TPSA) is 75.0 Å². The monoisotopic (exact) mass is 276 g/mol. The lowest BCUT2D eigenvalue weighted by atomic mass is 9.83. The number of carbonyl (C=O) groups is 1. The molecule has 20 heavy (non-hydrogen) atoms. The maximum absolute atomic E-state index is 12.7. The second-order valence-corrected chi connectivity index (χ2v) is 6.19. The SMILES string of the molecule is NC1CCCCC1C(=O)N1CCCC(c2ccn[nH]2)C1. The number of hydrogen-bond acceptors (Lipinski definition) is 3. The van der Waals surface area contributed by atoms with Gasteiger partial charge in [-0.25, -0.2) is 0 Å². The average molecular weight is 276 g/mol. The summed E-state index contributed by atoms with van der Waals surface area (Å²) in [6, 6.07) is 2.08. The lowest BCUT2D eigenvalue weighted by Gasteiger charge is -2.37. The molecule has 0 aromatic carbocycles. The van der Waals surface area contributed by atoms with Crippen LogP contribution in [-0.2, 0) is 4.79 Å². The van der Waals surface area contributed by atoms with Crippen LogP contribution in [0.25, 0.3) is 0 Å². The Kier molecular flexibility index (Phi) is 4.05. The Bertz CT molecular complexity index is 445. The van der Waals surface area contributed by atoms with Crippen molar-refractivity contribution in [2.75, 3.05) is 13.1 Å². The summed E-state index contributed by atoms with van der Waals surface area (Å²) in [6.45, 7) is 1.69. The molecule has 3 rings (SSSR count). The number of piperidine rings is 1. The van der Waals surface area contributed by atoms with Gasteiger partial charge in [-0.1, -0.05) is 12.8 Å². The number of rotatable bonds is 2. The van der Waals surface area contributed by atoms with Crippen molar-refractivity contribution in [3.8, 4) is 0 Å². The molecule has 2 heterocycles. The maximum atomic E-state index is 12.7. The molecule has 0 bridgehead atoms. The molecule has 3 atom stereocenters. The second kappa shape index (κ2) is 5.95. The number of carbonyl (C=O) groups excluding carboxylic acids is 1. The van der Waals surface area contributed by atoms with Gasteiger partial charge >= 0.3 is 0 Å². The Morgan fingerprint density at radius 1 is 1.30 bits per heavy atom. The minimum atomic E-state index is 0.0456. The van der Waals surface area contributed by atoms with Gasteiger partial charge in [-0.3, -0.25) is 9.89 Å². The lowest BCUT2D eigenvalue weighted by Crippen LogP contribution is -2.48. The standard InChI is InChI=1S/C15H24N4O/c16-13-6-2-1-5-12(13)15(20)19-9-3-4-11(10-19)14-7-8-17-18-14/h7-8,11-13H,1-6,9-10,16H2,(H,17,18). The van der Waals surface area contributed by atoms with Crippen LogP contribution in [0.4, 0.5) is 0 Å². The quantitative estimate of drug-likeness (QED) is 0.862. The highest BCUT2D eigenvalue weighted by atomic mass is 16.2. The molecule has 110 valence electrons. The molecule has 1 aliphatic heterocycles. The van der Waals surface area contributed by atoms with Gasteiger partial charge in [-0.2, -0.15) is 5.10 Å². The first-order valence-electron chi connectivity index (χ1n) is 7.79. The summed E-state index contributed by atoms with van der Waals surface area (Å²) in [4.78, 5) is 14.7. The van der Waals surface area contributed by atoms with E-state index in [1.54, 1.807) is 6.20 Å². The summed E-state index contributed by atoms with van der Waals surface area (Å²) >= 11 is 0. The predicted molar refractivity (Wildman–Crippen MR) is 77.1 cm³/mol. The van der Waals surface area contributed by atoms with Crippen LogP contribution in [0.15, 0.2) is 12.3 Å². The van der Waals surface area contributed by atoms with Gasteiger partial charge in [-0.15, -0.1) is 0 Å². The molecule has 2 fully saturated rings. The normalized spacial score (nSPS) is 31.2. The fraction of sp³-hybridized carbons (Fsp3) is 0.733. The third-order valence-corrected chi connectivity index (χ3v) is 4.83. The van der Waals surface area contributed by atoms with E-state index in [9.17, 15) is 4.79 Å². The van der Waals surface area contributed by atoms with E-state index >= 15 is 0 Å². The van der Waals surface area contributed by atoms with E-state index < -0.39 is 0 Å². The van der Waals surface area contributed by atoms with E-state index in [2.05, 4.69) is 10.2 Å². The van der Waals surface area contributed by atoms with E-state index in [1.807, 2.05) is 11.0 Å². The zero-order chi connectivity index (χ0) is 13.9. The van der Waals surface area contributed by atoms with Crippen molar-refractivity contribution in [2.45, 2.75) is 50.5 Å². The fourth-order valence-electron chi connectivity index (χ4n) is 3.63. The minimum Gasteiger partial charge on any atom is -0.342 e. The first kappa shape index (κ1) is 13.6. The van der Waals surface area contributed by atoms with Gasteiger partial charge in [0.1, 0.15) is 0 Å². The molecule has 1 aliphatic carbocycles. The van der Waals surface area contributed by atoms with Crippen molar-refractivity contribution in [3.63, 3.8) is 0 Å².